The van der Waals surface area contributed by atoms with Crippen molar-refractivity contribution in [3.63, 3.8) is 0 Å². The lowest BCUT2D eigenvalue weighted by Crippen LogP contribution is -2.12. The quantitative estimate of drug-likeness (QED) is 0.851. The summed E-state index contributed by atoms with van der Waals surface area (Å²) in [4.78, 5) is 19.5. The van der Waals surface area contributed by atoms with Gasteiger partial charge in [-0.05, 0) is 18.2 Å². The third-order valence-corrected chi connectivity index (χ3v) is 2.35. The van der Waals surface area contributed by atoms with Gasteiger partial charge in [0.25, 0.3) is 5.91 Å². The van der Waals surface area contributed by atoms with Crippen LogP contribution in [0.15, 0.2) is 36.8 Å². The number of nitrogen functional groups attached to an aromatic ring is 1. The molecule has 0 aliphatic heterocycles. The maximum atomic E-state index is 11.8. The highest BCUT2D eigenvalue weighted by Gasteiger charge is 2.08. The zero-order valence-corrected chi connectivity index (χ0v) is 9.48. The molecule has 0 bridgehead atoms. The molecule has 0 aromatic carbocycles. The molecule has 2 aromatic heterocycles. The number of aromatic nitrogens is 2. The summed E-state index contributed by atoms with van der Waals surface area (Å²) in [6.07, 6.45) is 4.54. The molecule has 0 saturated heterocycles. The van der Waals surface area contributed by atoms with Gasteiger partial charge in [0.05, 0.1) is 22.5 Å². The summed E-state index contributed by atoms with van der Waals surface area (Å²) in [7, 11) is 0. The average molecular weight is 249 g/mol. The van der Waals surface area contributed by atoms with Gasteiger partial charge >= 0.3 is 0 Å². The van der Waals surface area contributed by atoms with Gasteiger partial charge in [0.1, 0.15) is 5.82 Å². The second-order valence-corrected chi connectivity index (χ2v) is 3.69. The lowest BCUT2D eigenvalue weighted by molar-refractivity contribution is 0.102. The predicted octanol–water partition coefficient (Wildman–Crippen LogP) is 1.96. The first-order chi connectivity index (χ1) is 8.16. The molecule has 0 saturated carbocycles. The summed E-state index contributed by atoms with van der Waals surface area (Å²) in [5.41, 5.74) is 6.40. The van der Waals surface area contributed by atoms with E-state index >= 15 is 0 Å². The van der Waals surface area contributed by atoms with E-state index in [2.05, 4.69) is 15.3 Å². The van der Waals surface area contributed by atoms with E-state index < -0.39 is 0 Å². The highest BCUT2D eigenvalue weighted by atomic mass is 35.5. The minimum atomic E-state index is -0.313. The van der Waals surface area contributed by atoms with E-state index in [-0.39, 0.29) is 16.7 Å². The van der Waals surface area contributed by atoms with Crippen LogP contribution in [0.1, 0.15) is 10.4 Å². The second kappa shape index (κ2) is 4.80. The third-order valence-electron chi connectivity index (χ3n) is 2.05. The molecule has 6 heteroatoms. The van der Waals surface area contributed by atoms with Crippen molar-refractivity contribution >= 4 is 29.0 Å². The Balaban J connectivity index is 2.18. The van der Waals surface area contributed by atoms with Crippen molar-refractivity contribution in [2.45, 2.75) is 0 Å². The van der Waals surface area contributed by atoms with Gasteiger partial charge in [0.2, 0.25) is 0 Å². The normalized spacial score (nSPS) is 9.94. The summed E-state index contributed by atoms with van der Waals surface area (Å²) < 4.78 is 0. The number of pyridine rings is 2. The largest absolute Gasteiger partial charge is 0.382 e. The van der Waals surface area contributed by atoms with Crippen molar-refractivity contribution in [2.75, 3.05) is 11.1 Å². The van der Waals surface area contributed by atoms with Crippen LogP contribution in [0.3, 0.4) is 0 Å². The Labute approximate surface area is 103 Å². The minimum absolute atomic E-state index is 0.199. The number of rotatable bonds is 2. The van der Waals surface area contributed by atoms with Crippen LogP contribution in [0.25, 0.3) is 0 Å². The van der Waals surface area contributed by atoms with E-state index in [1.54, 1.807) is 24.5 Å². The number of hydrogen-bond acceptors (Lipinski definition) is 4. The van der Waals surface area contributed by atoms with Crippen molar-refractivity contribution in [2.24, 2.45) is 0 Å². The summed E-state index contributed by atoms with van der Waals surface area (Å²) in [6, 6.07) is 4.93. The lowest BCUT2D eigenvalue weighted by Gasteiger charge is -2.05. The zero-order valence-electron chi connectivity index (χ0n) is 8.72. The molecule has 2 aromatic rings. The van der Waals surface area contributed by atoms with Crippen LogP contribution in [0, 0.1) is 0 Å². The molecule has 0 fully saturated rings. The van der Waals surface area contributed by atoms with Crippen molar-refractivity contribution < 1.29 is 4.79 Å². The van der Waals surface area contributed by atoms with Crippen LogP contribution >= 0.6 is 11.6 Å². The number of hydrogen-bond donors (Lipinski definition) is 2. The van der Waals surface area contributed by atoms with Gasteiger partial charge in [-0.1, -0.05) is 11.6 Å². The molecule has 2 heterocycles. The van der Waals surface area contributed by atoms with Gasteiger partial charge in [0, 0.05) is 12.4 Å². The van der Waals surface area contributed by atoms with E-state index in [1.807, 2.05) is 0 Å². The van der Waals surface area contributed by atoms with E-state index in [0.717, 1.165) is 0 Å². The summed E-state index contributed by atoms with van der Waals surface area (Å²) in [5, 5.41) is 2.92. The Morgan fingerprint density at radius 2 is 2.24 bits per heavy atom. The van der Waals surface area contributed by atoms with Crippen LogP contribution in [0.4, 0.5) is 11.5 Å². The first kappa shape index (κ1) is 11.3. The van der Waals surface area contributed by atoms with Crippen molar-refractivity contribution in [3.8, 4) is 0 Å². The smallest absolute Gasteiger partial charge is 0.257 e. The highest BCUT2D eigenvalue weighted by molar-refractivity contribution is 6.33. The van der Waals surface area contributed by atoms with Crippen molar-refractivity contribution in [1.82, 2.24) is 9.97 Å². The van der Waals surface area contributed by atoms with Gasteiger partial charge in [0.15, 0.2) is 0 Å². The Morgan fingerprint density at radius 3 is 2.88 bits per heavy atom. The first-order valence-corrected chi connectivity index (χ1v) is 5.17. The van der Waals surface area contributed by atoms with Crippen LogP contribution in [-0.2, 0) is 0 Å². The van der Waals surface area contributed by atoms with E-state index in [1.165, 1.54) is 12.3 Å². The Bertz CT molecular complexity index is 544. The summed E-state index contributed by atoms with van der Waals surface area (Å²) in [6.45, 7) is 0. The molecule has 5 nitrogen and oxygen atoms in total. The maximum Gasteiger partial charge on any atom is 0.257 e. The molecule has 0 aliphatic carbocycles. The zero-order chi connectivity index (χ0) is 12.3. The van der Waals surface area contributed by atoms with E-state index in [4.69, 9.17) is 17.3 Å². The van der Waals surface area contributed by atoms with Gasteiger partial charge in [-0.25, -0.2) is 4.98 Å². The highest BCUT2D eigenvalue weighted by Crippen LogP contribution is 2.17. The molecule has 0 atom stereocenters. The second-order valence-electron chi connectivity index (χ2n) is 3.29. The summed E-state index contributed by atoms with van der Waals surface area (Å²) >= 11 is 5.78. The van der Waals surface area contributed by atoms with Crippen molar-refractivity contribution in [3.05, 3.63) is 47.4 Å². The lowest BCUT2D eigenvalue weighted by atomic mass is 10.2. The standard InChI is InChI=1S/C11H9ClN4O/c12-9-4-7(5-15-10(9)13)11(17)16-8-2-1-3-14-6-8/h1-6H,(H2,13,15)(H,16,17). The predicted molar refractivity (Wildman–Crippen MR) is 65.8 cm³/mol. The van der Waals surface area contributed by atoms with Crippen molar-refractivity contribution in [1.29, 1.82) is 0 Å². The molecule has 3 N–H and O–H groups in total. The van der Waals surface area contributed by atoms with Crippen LogP contribution < -0.4 is 11.1 Å². The van der Waals surface area contributed by atoms with Gasteiger partial charge in [-0.2, -0.15) is 0 Å². The molecule has 1 amide bonds. The maximum absolute atomic E-state index is 11.8. The molecule has 0 spiro atoms. The monoisotopic (exact) mass is 248 g/mol. The number of halogens is 1. The number of carbonyl (C=O) groups is 1. The fourth-order valence-electron chi connectivity index (χ4n) is 1.21. The molecule has 0 unspecified atom stereocenters. The van der Waals surface area contributed by atoms with Gasteiger partial charge in [-0.15, -0.1) is 0 Å². The Morgan fingerprint density at radius 1 is 1.41 bits per heavy atom. The van der Waals surface area contributed by atoms with Crippen LogP contribution in [0.5, 0.6) is 0 Å². The Hall–Kier alpha value is -2.14. The fraction of sp³-hybridized carbons (Fsp3) is 0. The van der Waals surface area contributed by atoms with Crippen LogP contribution in [0.2, 0.25) is 5.02 Å². The number of nitrogens with zero attached hydrogens (tertiary/aromatic N) is 2. The molecule has 2 rings (SSSR count). The summed E-state index contributed by atoms with van der Waals surface area (Å²) in [5.74, 6) is -0.114. The van der Waals surface area contributed by atoms with Gasteiger partial charge < -0.3 is 11.1 Å². The van der Waals surface area contributed by atoms with Crippen LogP contribution in [-0.4, -0.2) is 15.9 Å². The number of amides is 1. The molecular formula is C11H9ClN4O. The number of nitrogens with two attached hydrogens (primary N) is 1. The number of nitrogens with one attached hydrogen (secondary N) is 1. The SMILES string of the molecule is Nc1ncc(C(=O)Nc2cccnc2)cc1Cl. The van der Waals surface area contributed by atoms with E-state index in [9.17, 15) is 4.79 Å². The molecule has 0 radical (unpaired) electrons. The fourth-order valence-corrected chi connectivity index (χ4v) is 1.38. The van der Waals surface area contributed by atoms with Gasteiger partial charge in [-0.3, -0.25) is 9.78 Å². The number of carbonyl (C=O) groups excluding carboxylic acids is 1. The number of anilines is 2. The molecule has 86 valence electrons. The average Bonchev–Trinajstić information content (AvgIpc) is 2.34. The van der Waals surface area contributed by atoms with E-state index in [0.29, 0.717) is 11.3 Å². The first-order valence-electron chi connectivity index (χ1n) is 4.79. The molecular weight excluding hydrogens is 240 g/mol. The topological polar surface area (TPSA) is 80.9 Å². The minimum Gasteiger partial charge on any atom is -0.382 e. The molecule has 0 aliphatic rings. The Kier molecular flexibility index (Phi) is 3.20. The molecule has 17 heavy (non-hydrogen) atoms. The third kappa shape index (κ3) is 2.70.